The number of nitrogens with two attached hydrogens (primary N) is 1. The van der Waals surface area contributed by atoms with E-state index >= 15 is 0 Å². The molecule has 4 bridgehead atoms. The van der Waals surface area contributed by atoms with Crippen molar-refractivity contribution in [1.29, 1.82) is 0 Å². The van der Waals surface area contributed by atoms with Gasteiger partial charge in [-0.1, -0.05) is 6.92 Å². The molecule has 0 amide bonds. The predicted molar refractivity (Wildman–Crippen MR) is 72.7 cm³/mol. The third-order valence-electron chi connectivity index (χ3n) is 6.28. The highest BCUT2D eigenvalue weighted by Gasteiger charge is 2.47. The van der Waals surface area contributed by atoms with Crippen LogP contribution < -0.4 is 5.73 Å². The molecule has 0 aromatic heterocycles. The normalized spacial score (nSPS) is 47.1. The van der Waals surface area contributed by atoms with E-state index in [1.807, 2.05) is 0 Å². The molecule has 1 atom stereocenters. The van der Waals surface area contributed by atoms with Crippen molar-refractivity contribution in [2.24, 2.45) is 35.3 Å². The highest BCUT2D eigenvalue weighted by Crippen LogP contribution is 2.57. The molecule has 4 fully saturated rings. The Kier molecular flexibility index (Phi) is 3.01. The summed E-state index contributed by atoms with van der Waals surface area (Å²) in [5.41, 5.74) is 6.41. The Hall–Kier alpha value is -0.0400. The zero-order valence-corrected chi connectivity index (χ0v) is 11.6. The maximum Gasteiger partial charge on any atom is 0.0123 e. The maximum atomic E-state index is 6.32. The lowest BCUT2D eigenvalue weighted by atomic mass is 9.51. The van der Waals surface area contributed by atoms with Crippen LogP contribution in [0.1, 0.15) is 65.2 Å². The first kappa shape index (κ1) is 12.0. The first-order chi connectivity index (χ1) is 8.07. The van der Waals surface area contributed by atoms with Crippen LogP contribution >= 0.6 is 0 Å². The molecule has 1 unspecified atom stereocenters. The molecular formula is C16H29N. The Morgan fingerprint density at radius 2 is 1.53 bits per heavy atom. The van der Waals surface area contributed by atoms with Crippen LogP contribution in [0.4, 0.5) is 0 Å². The van der Waals surface area contributed by atoms with Gasteiger partial charge in [0.25, 0.3) is 0 Å². The second kappa shape index (κ2) is 4.26. The lowest BCUT2D eigenvalue weighted by Crippen LogP contribution is -2.46. The van der Waals surface area contributed by atoms with E-state index in [9.17, 15) is 0 Å². The van der Waals surface area contributed by atoms with Crippen molar-refractivity contribution < 1.29 is 0 Å². The molecule has 98 valence electrons. The van der Waals surface area contributed by atoms with Gasteiger partial charge in [0.05, 0.1) is 0 Å². The number of hydrogen-bond acceptors (Lipinski definition) is 1. The van der Waals surface area contributed by atoms with Crippen molar-refractivity contribution in [3.63, 3.8) is 0 Å². The SMILES string of the molecule is CCC(C)(N)CCC1C2CC3CC(C2)CC1C3. The highest BCUT2D eigenvalue weighted by molar-refractivity contribution is 4.98. The lowest BCUT2D eigenvalue weighted by molar-refractivity contribution is -0.0420. The summed E-state index contributed by atoms with van der Waals surface area (Å²) in [4.78, 5) is 0. The van der Waals surface area contributed by atoms with E-state index in [2.05, 4.69) is 13.8 Å². The summed E-state index contributed by atoms with van der Waals surface area (Å²) in [6.45, 7) is 4.47. The quantitative estimate of drug-likeness (QED) is 0.784. The van der Waals surface area contributed by atoms with Crippen LogP contribution in [-0.4, -0.2) is 5.54 Å². The molecule has 4 aliphatic carbocycles. The van der Waals surface area contributed by atoms with Gasteiger partial charge >= 0.3 is 0 Å². The van der Waals surface area contributed by atoms with Crippen molar-refractivity contribution >= 4 is 0 Å². The number of hydrogen-bond donors (Lipinski definition) is 1. The average Bonchev–Trinajstić information content (AvgIpc) is 2.27. The van der Waals surface area contributed by atoms with Crippen molar-refractivity contribution in [3.05, 3.63) is 0 Å². The van der Waals surface area contributed by atoms with Gasteiger partial charge in [-0.05, 0) is 87.9 Å². The van der Waals surface area contributed by atoms with Gasteiger partial charge in [-0.3, -0.25) is 0 Å². The molecule has 0 aromatic carbocycles. The Balaban J connectivity index is 1.61. The molecule has 4 aliphatic rings. The Morgan fingerprint density at radius 3 is 2.00 bits per heavy atom. The van der Waals surface area contributed by atoms with Crippen LogP contribution in [0.25, 0.3) is 0 Å². The molecule has 0 heterocycles. The molecule has 2 N–H and O–H groups in total. The summed E-state index contributed by atoms with van der Waals surface area (Å²) < 4.78 is 0. The van der Waals surface area contributed by atoms with Crippen LogP contribution in [0.15, 0.2) is 0 Å². The summed E-state index contributed by atoms with van der Waals surface area (Å²) in [7, 11) is 0. The predicted octanol–water partition coefficient (Wildman–Crippen LogP) is 3.97. The van der Waals surface area contributed by atoms with E-state index in [0.29, 0.717) is 0 Å². The maximum absolute atomic E-state index is 6.32. The van der Waals surface area contributed by atoms with Crippen molar-refractivity contribution in [2.45, 2.75) is 70.8 Å². The molecule has 0 spiro atoms. The van der Waals surface area contributed by atoms with Gasteiger partial charge in [-0.2, -0.15) is 0 Å². The zero-order valence-electron chi connectivity index (χ0n) is 11.6. The molecule has 0 aliphatic heterocycles. The molecule has 1 nitrogen and oxygen atoms in total. The van der Waals surface area contributed by atoms with Crippen LogP contribution in [0.3, 0.4) is 0 Å². The van der Waals surface area contributed by atoms with Crippen LogP contribution in [0.2, 0.25) is 0 Å². The Labute approximate surface area is 107 Å². The molecule has 1 heteroatoms. The van der Waals surface area contributed by atoms with Crippen LogP contribution in [0, 0.1) is 29.6 Å². The lowest BCUT2D eigenvalue weighted by Gasteiger charge is -2.55. The fourth-order valence-electron chi connectivity index (χ4n) is 5.18. The molecule has 17 heavy (non-hydrogen) atoms. The summed E-state index contributed by atoms with van der Waals surface area (Å²) in [6, 6.07) is 0. The third kappa shape index (κ3) is 2.28. The minimum Gasteiger partial charge on any atom is -0.325 e. The summed E-state index contributed by atoms with van der Waals surface area (Å²) in [5, 5.41) is 0. The fraction of sp³-hybridized carbons (Fsp3) is 1.00. The van der Waals surface area contributed by atoms with Crippen molar-refractivity contribution in [3.8, 4) is 0 Å². The molecule has 0 radical (unpaired) electrons. The van der Waals surface area contributed by atoms with Crippen LogP contribution in [0.5, 0.6) is 0 Å². The average molecular weight is 235 g/mol. The van der Waals surface area contributed by atoms with Gasteiger partial charge in [0.1, 0.15) is 0 Å². The molecule has 0 saturated heterocycles. The summed E-state index contributed by atoms with van der Waals surface area (Å²) in [5.74, 6) is 5.43. The van der Waals surface area contributed by atoms with Gasteiger partial charge in [0.2, 0.25) is 0 Å². The van der Waals surface area contributed by atoms with Gasteiger partial charge in [0.15, 0.2) is 0 Å². The van der Waals surface area contributed by atoms with E-state index in [1.165, 1.54) is 12.8 Å². The van der Waals surface area contributed by atoms with Crippen molar-refractivity contribution in [2.75, 3.05) is 0 Å². The topological polar surface area (TPSA) is 26.0 Å². The number of rotatable bonds is 4. The van der Waals surface area contributed by atoms with Crippen LogP contribution in [-0.2, 0) is 0 Å². The summed E-state index contributed by atoms with van der Waals surface area (Å²) >= 11 is 0. The minimum atomic E-state index is 0.0919. The van der Waals surface area contributed by atoms with Crippen molar-refractivity contribution in [1.82, 2.24) is 0 Å². The third-order valence-corrected chi connectivity index (χ3v) is 6.28. The second-order valence-electron chi connectivity index (χ2n) is 7.64. The molecular weight excluding hydrogens is 206 g/mol. The van der Waals surface area contributed by atoms with Gasteiger partial charge in [0, 0.05) is 5.54 Å². The van der Waals surface area contributed by atoms with Gasteiger partial charge < -0.3 is 5.73 Å². The Morgan fingerprint density at radius 1 is 1.00 bits per heavy atom. The monoisotopic (exact) mass is 235 g/mol. The van der Waals surface area contributed by atoms with E-state index in [4.69, 9.17) is 5.73 Å². The van der Waals surface area contributed by atoms with Gasteiger partial charge in [-0.15, -0.1) is 0 Å². The second-order valence-corrected chi connectivity index (χ2v) is 7.64. The summed E-state index contributed by atoms with van der Waals surface area (Å²) in [6.07, 6.45) is 11.6. The van der Waals surface area contributed by atoms with E-state index < -0.39 is 0 Å². The highest BCUT2D eigenvalue weighted by atomic mass is 14.7. The first-order valence-electron chi connectivity index (χ1n) is 7.86. The van der Waals surface area contributed by atoms with E-state index in [0.717, 1.165) is 36.0 Å². The Bertz CT molecular complexity index is 253. The van der Waals surface area contributed by atoms with E-state index in [1.54, 1.807) is 32.1 Å². The standard InChI is InChI=1S/C16H29N/c1-3-16(2,17)5-4-15-13-7-11-6-12(9-13)10-14(15)8-11/h11-15H,3-10,17H2,1-2H3. The van der Waals surface area contributed by atoms with E-state index in [-0.39, 0.29) is 5.54 Å². The molecule has 4 saturated carbocycles. The first-order valence-corrected chi connectivity index (χ1v) is 7.86. The minimum absolute atomic E-state index is 0.0919. The fourth-order valence-corrected chi connectivity index (χ4v) is 5.18. The molecule has 4 rings (SSSR count). The smallest absolute Gasteiger partial charge is 0.0123 e. The van der Waals surface area contributed by atoms with Gasteiger partial charge in [-0.25, -0.2) is 0 Å². The molecule has 0 aromatic rings. The largest absolute Gasteiger partial charge is 0.325 e. The zero-order chi connectivity index (χ0) is 12.0.